The van der Waals surface area contributed by atoms with Crippen molar-refractivity contribution in [1.82, 2.24) is 14.7 Å². The number of imidazole rings is 1. The standard InChI is InChI=1S/C16H12BrF2N3O3S/c17-11-3-6-14-21-12(9-22(14)8-11)7-20-15(23)10-1-4-13(5-2-10)26(24,25)16(18)19/h1-6,8-9,16H,7H2,(H,20,23). The van der Waals surface area contributed by atoms with E-state index in [0.29, 0.717) is 5.69 Å². The van der Waals surface area contributed by atoms with E-state index in [0.717, 1.165) is 22.3 Å². The smallest absolute Gasteiger partial charge is 0.341 e. The molecule has 0 saturated heterocycles. The number of hydrogen-bond acceptors (Lipinski definition) is 4. The second-order valence-corrected chi connectivity index (χ2v) is 8.19. The quantitative estimate of drug-likeness (QED) is 0.656. The van der Waals surface area contributed by atoms with Crippen molar-refractivity contribution in [2.45, 2.75) is 17.2 Å². The molecule has 3 aromatic rings. The van der Waals surface area contributed by atoms with Gasteiger partial charge in [-0.15, -0.1) is 0 Å². The van der Waals surface area contributed by atoms with Crippen LogP contribution in [0.1, 0.15) is 16.1 Å². The minimum Gasteiger partial charge on any atom is -0.346 e. The summed E-state index contributed by atoms with van der Waals surface area (Å²) in [6.45, 7) is 0.162. The van der Waals surface area contributed by atoms with E-state index in [1.807, 2.05) is 18.3 Å². The van der Waals surface area contributed by atoms with Gasteiger partial charge in [-0.25, -0.2) is 13.4 Å². The first kappa shape index (κ1) is 18.5. The van der Waals surface area contributed by atoms with Crippen LogP contribution in [0.15, 0.2) is 58.2 Å². The maximum absolute atomic E-state index is 12.5. The minimum absolute atomic E-state index is 0.157. The van der Waals surface area contributed by atoms with Gasteiger partial charge in [0.15, 0.2) is 0 Å². The zero-order chi connectivity index (χ0) is 18.9. The lowest BCUT2D eigenvalue weighted by molar-refractivity contribution is 0.0950. The number of nitrogens with one attached hydrogen (secondary N) is 1. The maximum atomic E-state index is 12.5. The van der Waals surface area contributed by atoms with Crippen molar-refractivity contribution in [2.24, 2.45) is 0 Å². The third-order valence-electron chi connectivity index (χ3n) is 3.57. The molecule has 1 amide bonds. The fourth-order valence-electron chi connectivity index (χ4n) is 2.27. The van der Waals surface area contributed by atoms with Crippen LogP contribution in [0.2, 0.25) is 0 Å². The van der Waals surface area contributed by atoms with E-state index in [1.54, 1.807) is 10.6 Å². The summed E-state index contributed by atoms with van der Waals surface area (Å²) in [7, 11) is -4.67. The van der Waals surface area contributed by atoms with Crippen molar-refractivity contribution in [3.63, 3.8) is 0 Å². The van der Waals surface area contributed by atoms with E-state index >= 15 is 0 Å². The highest BCUT2D eigenvalue weighted by Crippen LogP contribution is 2.18. The number of halogens is 3. The average molecular weight is 444 g/mol. The Kier molecular flexibility index (Phi) is 5.05. The molecule has 3 rings (SSSR count). The summed E-state index contributed by atoms with van der Waals surface area (Å²) in [4.78, 5) is 15.9. The summed E-state index contributed by atoms with van der Waals surface area (Å²) in [5, 5.41) is 2.65. The van der Waals surface area contributed by atoms with Gasteiger partial charge in [0.2, 0.25) is 9.84 Å². The van der Waals surface area contributed by atoms with E-state index in [4.69, 9.17) is 0 Å². The maximum Gasteiger partial charge on any atom is 0.341 e. The molecular formula is C16H12BrF2N3O3S. The van der Waals surface area contributed by atoms with Crippen molar-refractivity contribution >= 4 is 37.3 Å². The van der Waals surface area contributed by atoms with Crippen molar-refractivity contribution in [3.05, 3.63) is 64.5 Å². The summed E-state index contributed by atoms with van der Waals surface area (Å²) in [6, 6.07) is 8.01. The zero-order valence-electron chi connectivity index (χ0n) is 13.1. The highest BCUT2D eigenvalue weighted by molar-refractivity contribution is 9.10. The number of nitrogens with zero attached hydrogens (tertiary/aromatic N) is 2. The van der Waals surface area contributed by atoms with Crippen molar-refractivity contribution < 1.29 is 22.0 Å². The van der Waals surface area contributed by atoms with Gasteiger partial charge < -0.3 is 9.72 Å². The normalized spacial score (nSPS) is 11.8. The van der Waals surface area contributed by atoms with Crippen molar-refractivity contribution in [3.8, 4) is 0 Å². The number of amides is 1. The number of carbonyl (C=O) groups is 1. The molecule has 0 bridgehead atoms. The molecule has 136 valence electrons. The Bertz CT molecular complexity index is 1070. The number of carbonyl (C=O) groups excluding carboxylic acids is 1. The number of alkyl halides is 2. The highest BCUT2D eigenvalue weighted by Gasteiger charge is 2.26. The molecular weight excluding hydrogens is 432 g/mol. The number of fused-ring (bicyclic) bond motifs is 1. The van der Waals surface area contributed by atoms with Crippen LogP contribution in [0.5, 0.6) is 0 Å². The van der Waals surface area contributed by atoms with Crippen molar-refractivity contribution in [2.75, 3.05) is 0 Å². The Morgan fingerprint density at radius 3 is 2.50 bits per heavy atom. The fourth-order valence-corrected chi connectivity index (χ4v) is 3.35. The second kappa shape index (κ2) is 7.12. The number of aromatic nitrogens is 2. The molecule has 0 aliphatic heterocycles. The van der Waals surface area contributed by atoms with Gasteiger partial charge >= 0.3 is 5.76 Å². The van der Waals surface area contributed by atoms with Crippen LogP contribution in [-0.2, 0) is 16.4 Å². The number of sulfone groups is 1. The molecule has 0 aliphatic rings. The largest absolute Gasteiger partial charge is 0.346 e. The monoisotopic (exact) mass is 443 g/mol. The van der Waals surface area contributed by atoms with Crippen LogP contribution in [-0.4, -0.2) is 29.5 Å². The first-order valence-electron chi connectivity index (χ1n) is 7.31. The lowest BCUT2D eigenvalue weighted by Crippen LogP contribution is -2.23. The molecule has 1 N–H and O–H groups in total. The van der Waals surface area contributed by atoms with E-state index in [9.17, 15) is 22.0 Å². The van der Waals surface area contributed by atoms with Crippen LogP contribution >= 0.6 is 15.9 Å². The van der Waals surface area contributed by atoms with Crippen LogP contribution in [0.25, 0.3) is 5.65 Å². The number of benzene rings is 1. The molecule has 0 saturated carbocycles. The summed E-state index contributed by atoms with van der Waals surface area (Å²) < 4.78 is 50.4. The first-order valence-corrected chi connectivity index (χ1v) is 9.65. The zero-order valence-corrected chi connectivity index (χ0v) is 15.5. The molecule has 10 heteroatoms. The molecule has 26 heavy (non-hydrogen) atoms. The number of pyridine rings is 1. The van der Waals surface area contributed by atoms with E-state index in [-0.39, 0.29) is 12.1 Å². The Morgan fingerprint density at radius 2 is 1.85 bits per heavy atom. The SMILES string of the molecule is O=C(NCc1cn2cc(Br)ccc2n1)c1ccc(S(=O)(=O)C(F)F)cc1. The molecule has 2 heterocycles. The Morgan fingerprint density at radius 1 is 1.15 bits per heavy atom. The van der Waals surface area contributed by atoms with E-state index in [1.165, 1.54) is 12.1 Å². The van der Waals surface area contributed by atoms with Crippen molar-refractivity contribution in [1.29, 1.82) is 0 Å². The lowest BCUT2D eigenvalue weighted by Gasteiger charge is -2.06. The summed E-state index contributed by atoms with van der Waals surface area (Å²) >= 11 is 3.35. The molecule has 0 spiro atoms. The average Bonchev–Trinajstić information content (AvgIpc) is 3.01. The van der Waals surface area contributed by atoms with Crippen LogP contribution in [0.4, 0.5) is 8.78 Å². The lowest BCUT2D eigenvalue weighted by atomic mass is 10.2. The predicted molar refractivity (Wildman–Crippen MR) is 93.7 cm³/mol. The van der Waals surface area contributed by atoms with Gasteiger partial charge in [-0.2, -0.15) is 8.78 Å². The van der Waals surface area contributed by atoms with E-state index in [2.05, 4.69) is 26.2 Å². The molecule has 0 radical (unpaired) electrons. The molecule has 2 aromatic heterocycles. The topological polar surface area (TPSA) is 80.5 Å². The number of hydrogen-bond donors (Lipinski definition) is 1. The van der Waals surface area contributed by atoms with Gasteiger partial charge in [0, 0.05) is 22.4 Å². The second-order valence-electron chi connectivity index (χ2n) is 5.36. The fraction of sp³-hybridized carbons (Fsp3) is 0.125. The first-order chi connectivity index (χ1) is 12.3. The third kappa shape index (κ3) is 3.75. The molecule has 1 aromatic carbocycles. The minimum atomic E-state index is -4.67. The highest BCUT2D eigenvalue weighted by atomic mass is 79.9. The number of rotatable bonds is 5. The van der Waals surface area contributed by atoms with Gasteiger partial charge in [0.05, 0.1) is 17.1 Å². The van der Waals surface area contributed by atoms with Gasteiger partial charge in [-0.3, -0.25) is 4.79 Å². The van der Waals surface area contributed by atoms with Gasteiger partial charge in [-0.1, -0.05) is 0 Å². The van der Waals surface area contributed by atoms with Crippen LogP contribution < -0.4 is 5.32 Å². The molecule has 0 unspecified atom stereocenters. The molecule has 0 atom stereocenters. The Balaban J connectivity index is 1.69. The molecule has 0 fully saturated rings. The summed E-state index contributed by atoms with van der Waals surface area (Å²) in [5.74, 6) is -3.97. The Labute approximate surface area is 155 Å². The molecule has 6 nitrogen and oxygen atoms in total. The van der Waals surface area contributed by atoms with Crippen LogP contribution in [0, 0.1) is 0 Å². The predicted octanol–water partition coefficient (Wildman–Crippen LogP) is 3.02. The van der Waals surface area contributed by atoms with E-state index < -0.39 is 26.4 Å². The third-order valence-corrected chi connectivity index (χ3v) is 5.44. The van der Waals surface area contributed by atoms with Gasteiger partial charge in [0.1, 0.15) is 5.65 Å². The summed E-state index contributed by atoms with van der Waals surface area (Å²) in [6.07, 6.45) is 3.59. The van der Waals surface area contributed by atoms with Gasteiger partial charge in [0.25, 0.3) is 5.91 Å². The van der Waals surface area contributed by atoms with Gasteiger partial charge in [-0.05, 0) is 52.3 Å². The van der Waals surface area contributed by atoms with Crippen LogP contribution in [0.3, 0.4) is 0 Å². The summed E-state index contributed by atoms with van der Waals surface area (Å²) in [5.41, 5.74) is 1.51. The Hall–Kier alpha value is -2.33. The molecule has 0 aliphatic carbocycles.